The molecule has 0 radical (unpaired) electrons. The van der Waals surface area contributed by atoms with Gasteiger partial charge in [0, 0.05) is 19.6 Å². The Kier molecular flexibility index (Phi) is 3.99. The van der Waals surface area contributed by atoms with Crippen molar-refractivity contribution in [3.63, 3.8) is 0 Å². The third-order valence-corrected chi connectivity index (χ3v) is 3.58. The normalized spacial score (nSPS) is 18.9. The summed E-state index contributed by atoms with van der Waals surface area (Å²) in [5, 5.41) is 12.4. The predicted molar refractivity (Wildman–Crippen MR) is 76.5 cm³/mol. The molecule has 2 aromatic rings. The van der Waals surface area contributed by atoms with Crippen LogP contribution in [0, 0.1) is 11.3 Å². The minimum atomic E-state index is -0.252. The first-order valence-corrected chi connectivity index (χ1v) is 6.41. The smallest absolute Gasteiger partial charge is 0.223 e. The van der Waals surface area contributed by atoms with Gasteiger partial charge in [0.1, 0.15) is 11.6 Å². The van der Waals surface area contributed by atoms with Crippen LogP contribution in [0.3, 0.4) is 0 Å². The van der Waals surface area contributed by atoms with Crippen molar-refractivity contribution in [2.24, 2.45) is 0 Å². The molecule has 100 valence electrons. The Morgan fingerprint density at radius 3 is 3.16 bits per heavy atom. The van der Waals surface area contributed by atoms with Crippen LogP contribution in [-0.2, 0) is 0 Å². The summed E-state index contributed by atoms with van der Waals surface area (Å²) in [6, 6.07) is 2.01. The van der Waals surface area contributed by atoms with Gasteiger partial charge in [-0.25, -0.2) is 9.97 Å². The number of aromatic nitrogens is 3. The average Bonchev–Trinajstić information content (AvgIpc) is 2.85. The van der Waals surface area contributed by atoms with Gasteiger partial charge >= 0.3 is 0 Å². The number of nitrogen functional groups attached to an aromatic ring is 1. The van der Waals surface area contributed by atoms with Gasteiger partial charge in [-0.1, -0.05) is 0 Å². The van der Waals surface area contributed by atoms with Gasteiger partial charge in [0.15, 0.2) is 10.6 Å². The van der Waals surface area contributed by atoms with Crippen molar-refractivity contribution in [1.29, 1.82) is 5.26 Å². The summed E-state index contributed by atoms with van der Waals surface area (Å²) >= 11 is 1.42. The van der Waals surface area contributed by atoms with E-state index in [-0.39, 0.29) is 24.4 Å². The molecule has 0 amide bonds. The first-order valence-electron chi connectivity index (χ1n) is 5.53. The van der Waals surface area contributed by atoms with Crippen molar-refractivity contribution in [2.45, 2.75) is 6.04 Å². The largest absolute Gasteiger partial charge is 0.368 e. The van der Waals surface area contributed by atoms with Crippen LogP contribution in [0.1, 0.15) is 0 Å². The van der Waals surface area contributed by atoms with Crippen LogP contribution < -0.4 is 16.0 Å². The quantitative estimate of drug-likeness (QED) is 0.784. The standard InChI is InChI=1S/C10H11N7S.ClH/c11-3-6-4-13-1-2-17(6)8-7-9(18-5-14-7)16-10(12)15-8;/h5-6,13H,1-2,4H2,(H2,12,15,16);1H/t6-;/m0./s1. The number of hydrogen-bond acceptors (Lipinski definition) is 8. The first-order chi connectivity index (χ1) is 8.79. The molecule has 0 aromatic carbocycles. The maximum absolute atomic E-state index is 9.19. The number of nitrogens with zero attached hydrogens (tertiary/aromatic N) is 5. The van der Waals surface area contributed by atoms with Crippen molar-refractivity contribution >= 4 is 45.9 Å². The fourth-order valence-electron chi connectivity index (χ4n) is 2.04. The lowest BCUT2D eigenvalue weighted by molar-refractivity contribution is 0.532. The van der Waals surface area contributed by atoms with Crippen molar-refractivity contribution in [1.82, 2.24) is 20.3 Å². The van der Waals surface area contributed by atoms with Crippen molar-refractivity contribution in [2.75, 3.05) is 30.3 Å². The number of thiazole rings is 1. The van der Waals surface area contributed by atoms with E-state index < -0.39 is 0 Å². The molecular formula is C10H12ClN7S. The highest BCUT2D eigenvalue weighted by Crippen LogP contribution is 2.27. The molecule has 3 N–H and O–H groups in total. The van der Waals surface area contributed by atoms with E-state index in [9.17, 15) is 5.26 Å². The van der Waals surface area contributed by atoms with Crippen molar-refractivity contribution < 1.29 is 0 Å². The summed E-state index contributed by atoms with van der Waals surface area (Å²) in [5.74, 6) is 0.878. The molecule has 9 heteroatoms. The molecule has 19 heavy (non-hydrogen) atoms. The summed E-state index contributed by atoms with van der Waals surface area (Å²) in [6.07, 6.45) is 0. The van der Waals surface area contributed by atoms with E-state index in [0.29, 0.717) is 18.9 Å². The summed E-state index contributed by atoms with van der Waals surface area (Å²) < 4.78 is 0. The molecule has 0 saturated carbocycles. The Bertz CT molecular complexity index is 622. The third kappa shape index (κ3) is 2.40. The molecule has 0 bridgehead atoms. The minimum Gasteiger partial charge on any atom is -0.368 e. The van der Waals surface area contributed by atoms with E-state index in [4.69, 9.17) is 5.73 Å². The molecule has 1 aliphatic rings. The number of nitrogens with one attached hydrogen (secondary N) is 1. The van der Waals surface area contributed by atoms with Gasteiger partial charge in [-0.3, -0.25) is 0 Å². The van der Waals surface area contributed by atoms with Crippen LogP contribution in [0.4, 0.5) is 11.8 Å². The molecule has 1 atom stereocenters. The summed E-state index contributed by atoms with van der Waals surface area (Å²) in [5.41, 5.74) is 8.14. The van der Waals surface area contributed by atoms with E-state index in [0.717, 1.165) is 16.9 Å². The lowest BCUT2D eigenvalue weighted by Crippen LogP contribution is -2.51. The zero-order valence-corrected chi connectivity index (χ0v) is 11.5. The molecule has 1 fully saturated rings. The lowest BCUT2D eigenvalue weighted by atomic mass is 10.2. The molecule has 1 aliphatic heterocycles. The average molecular weight is 298 g/mol. The second kappa shape index (κ2) is 5.52. The molecule has 0 unspecified atom stereocenters. The molecule has 3 rings (SSSR count). The fourth-order valence-corrected chi connectivity index (χ4v) is 2.70. The first kappa shape index (κ1) is 13.7. The van der Waals surface area contributed by atoms with Crippen molar-refractivity contribution in [3.05, 3.63) is 5.51 Å². The molecule has 1 saturated heterocycles. The highest BCUT2D eigenvalue weighted by molar-refractivity contribution is 7.16. The lowest BCUT2D eigenvalue weighted by Gasteiger charge is -2.32. The molecule has 7 nitrogen and oxygen atoms in total. The van der Waals surface area contributed by atoms with E-state index >= 15 is 0 Å². The van der Waals surface area contributed by atoms with Gasteiger partial charge in [-0.2, -0.15) is 10.2 Å². The zero-order valence-electron chi connectivity index (χ0n) is 9.91. The highest BCUT2D eigenvalue weighted by Gasteiger charge is 2.26. The van der Waals surface area contributed by atoms with Gasteiger partial charge in [0.2, 0.25) is 5.95 Å². The highest BCUT2D eigenvalue weighted by atomic mass is 35.5. The van der Waals surface area contributed by atoms with Gasteiger partial charge in [0.05, 0.1) is 11.6 Å². The Hall–Kier alpha value is -1.69. The number of hydrogen-bond donors (Lipinski definition) is 2. The number of halogens is 1. The molecule has 0 spiro atoms. The summed E-state index contributed by atoms with van der Waals surface area (Å²) in [7, 11) is 0. The Morgan fingerprint density at radius 1 is 1.53 bits per heavy atom. The van der Waals surface area contributed by atoms with Crippen LogP contribution in [-0.4, -0.2) is 40.6 Å². The van der Waals surface area contributed by atoms with Crippen LogP contribution in [0.25, 0.3) is 10.3 Å². The van der Waals surface area contributed by atoms with Gasteiger partial charge in [0.25, 0.3) is 0 Å². The Morgan fingerprint density at radius 2 is 2.37 bits per heavy atom. The fraction of sp³-hybridized carbons (Fsp3) is 0.400. The van der Waals surface area contributed by atoms with Crippen LogP contribution in [0.15, 0.2) is 5.51 Å². The zero-order chi connectivity index (χ0) is 12.5. The van der Waals surface area contributed by atoms with E-state index in [1.54, 1.807) is 5.51 Å². The monoisotopic (exact) mass is 297 g/mol. The maximum atomic E-state index is 9.19. The topological polar surface area (TPSA) is 104 Å². The van der Waals surface area contributed by atoms with E-state index in [2.05, 4.69) is 26.3 Å². The number of fused-ring (bicyclic) bond motifs is 1. The Labute approximate surface area is 119 Å². The van der Waals surface area contributed by atoms with Gasteiger partial charge in [-0.15, -0.1) is 23.7 Å². The number of nitriles is 1. The molecule has 3 heterocycles. The number of rotatable bonds is 1. The second-order valence-electron chi connectivity index (χ2n) is 3.95. The molecular weight excluding hydrogens is 286 g/mol. The van der Waals surface area contributed by atoms with Crippen molar-refractivity contribution in [3.8, 4) is 6.07 Å². The summed E-state index contributed by atoms with van der Waals surface area (Å²) in [4.78, 5) is 15.4. The van der Waals surface area contributed by atoms with E-state index in [1.807, 2.05) is 4.90 Å². The van der Waals surface area contributed by atoms with Gasteiger partial charge < -0.3 is 16.0 Å². The van der Waals surface area contributed by atoms with E-state index in [1.165, 1.54) is 11.3 Å². The second-order valence-corrected chi connectivity index (χ2v) is 4.79. The van der Waals surface area contributed by atoms with Gasteiger partial charge in [-0.05, 0) is 0 Å². The maximum Gasteiger partial charge on any atom is 0.223 e. The van der Waals surface area contributed by atoms with Crippen LogP contribution in [0.5, 0.6) is 0 Å². The predicted octanol–water partition coefficient (Wildman–Crippen LogP) is 0.392. The molecule has 0 aliphatic carbocycles. The summed E-state index contributed by atoms with van der Waals surface area (Å²) in [6.45, 7) is 2.14. The number of nitrogens with two attached hydrogens (primary N) is 1. The SMILES string of the molecule is Cl.N#C[C@H]1CNCCN1c1nc(N)nc2scnc12. The van der Waals surface area contributed by atoms with Crippen LogP contribution >= 0.6 is 23.7 Å². The third-order valence-electron chi connectivity index (χ3n) is 2.86. The number of piperazine rings is 1. The Balaban J connectivity index is 0.00000133. The van der Waals surface area contributed by atoms with Crippen LogP contribution in [0.2, 0.25) is 0 Å². The molecule has 2 aromatic heterocycles. The minimum absolute atomic E-state index is 0. The number of anilines is 2.